The highest BCUT2D eigenvalue weighted by molar-refractivity contribution is 7.89. The average Bonchev–Trinajstić information content (AvgIpc) is 3.17. The van der Waals surface area contributed by atoms with Gasteiger partial charge in [-0.1, -0.05) is 37.6 Å². The van der Waals surface area contributed by atoms with Gasteiger partial charge in [-0.15, -0.1) is 0 Å². The monoisotopic (exact) mass is 477 g/mol. The molecule has 7 nitrogen and oxygen atoms in total. The Morgan fingerprint density at radius 2 is 1.72 bits per heavy atom. The highest BCUT2D eigenvalue weighted by Crippen LogP contribution is 2.27. The summed E-state index contributed by atoms with van der Waals surface area (Å²) in [5, 5.41) is 3.57. The number of rotatable bonds is 9. The molecule has 3 rings (SSSR count). The minimum Gasteiger partial charge on any atom is -0.355 e. The number of anilines is 1. The SMILES string of the molecule is CCN(CC)S(=O)(=O)c1ccc(N2CC(C(=O)NCCc3ccc(Cl)cc3)CC2=O)cc1. The Labute approximate surface area is 194 Å². The zero-order chi connectivity index (χ0) is 23.3. The Hall–Kier alpha value is -2.42. The average molecular weight is 478 g/mol. The van der Waals surface area contributed by atoms with Crippen LogP contribution in [-0.4, -0.2) is 50.7 Å². The maximum atomic E-state index is 12.6. The summed E-state index contributed by atoms with van der Waals surface area (Å²) < 4.78 is 26.7. The van der Waals surface area contributed by atoms with E-state index in [0.29, 0.717) is 36.8 Å². The molecule has 0 saturated carbocycles. The lowest BCUT2D eigenvalue weighted by Gasteiger charge is -2.20. The Morgan fingerprint density at radius 1 is 1.09 bits per heavy atom. The van der Waals surface area contributed by atoms with Crippen molar-refractivity contribution in [1.82, 2.24) is 9.62 Å². The Kier molecular flexibility index (Phi) is 7.92. The largest absolute Gasteiger partial charge is 0.355 e. The molecule has 9 heteroatoms. The second-order valence-electron chi connectivity index (χ2n) is 7.66. The number of carbonyl (C=O) groups is 2. The fraction of sp³-hybridized carbons (Fsp3) is 0.391. The molecule has 1 N–H and O–H groups in total. The summed E-state index contributed by atoms with van der Waals surface area (Å²) in [5.74, 6) is -0.746. The smallest absolute Gasteiger partial charge is 0.243 e. The second-order valence-corrected chi connectivity index (χ2v) is 10.0. The first kappa shape index (κ1) is 24.2. The van der Waals surface area contributed by atoms with E-state index in [1.165, 1.54) is 21.3 Å². The molecular formula is C23H28ClN3O4S. The number of hydrogen-bond acceptors (Lipinski definition) is 4. The number of hydrogen-bond donors (Lipinski definition) is 1. The van der Waals surface area contributed by atoms with Crippen LogP contribution in [0, 0.1) is 5.92 Å². The minimum atomic E-state index is -3.56. The van der Waals surface area contributed by atoms with Crippen LogP contribution >= 0.6 is 11.6 Å². The molecule has 0 radical (unpaired) electrons. The molecular weight excluding hydrogens is 450 g/mol. The van der Waals surface area contributed by atoms with E-state index in [9.17, 15) is 18.0 Å². The van der Waals surface area contributed by atoms with Crippen molar-refractivity contribution in [3.8, 4) is 0 Å². The first-order valence-corrected chi connectivity index (χ1v) is 12.5. The molecule has 0 bridgehead atoms. The van der Waals surface area contributed by atoms with Crippen LogP contribution in [0.2, 0.25) is 5.02 Å². The van der Waals surface area contributed by atoms with E-state index >= 15 is 0 Å². The van der Waals surface area contributed by atoms with E-state index in [4.69, 9.17) is 11.6 Å². The van der Waals surface area contributed by atoms with Crippen molar-refractivity contribution in [3.05, 3.63) is 59.1 Å². The molecule has 1 fully saturated rings. The molecule has 2 aromatic rings. The predicted octanol–water partition coefficient (Wildman–Crippen LogP) is 3.08. The Morgan fingerprint density at radius 3 is 2.31 bits per heavy atom. The molecule has 1 aliphatic rings. The van der Waals surface area contributed by atoms with Crippen molar-refractivity contribution in [3.63, 3.8) is 0 Å². The molecule has 2 amide bonds. The van der Waals surface area contributed by atoms with Crippen molar-refractivity contribution in [1.29, 1.82) is 0 Å². The third-order valence-corrected chi connectivity index (χ3v) is 7.93. The van der Waals surface area contributed by atoms with Crippen LogP contribution in [0.1, 0.15) is 25.8 Å². The van der Waals surface area contributed by atoms with E-state index in [0.717, 1.165) is 5.56 Å². The van der Waals surface area contributed by atoms with Gasteiger partial charge >= 0.3 is 0 Å². The molecule has 32 heavy (non-hydrogen) atoms. The zero-order valence-electron chi connectivity index (χ0n) is 18.3. The van der Waals surface area contributed by atoms with E-state index in [-0.39, 0.29) is 29.7 Å². The van der Waals surface area contributed by atoms with Crippen LogP contribution in [-0.2, 0) is 26.0 Å². The van der Waals surface area contributed by atoms with Crippen LogP contribution in [0.5, 0.6) is 0 Å². The molecule has 2 aromatic carbocycles. The molecule has 1 saturated heterocycles. The van der Waals surface area contributed by atoms with Crippen LogP contribution < -0.4 is 10.2 Å². The lowest BCUT2D eigenvalue weighted by atomic mass is 10.1. The van der Waals surface area contributed by atoms with Gasteiger partial charge in [0.05, 0.1) is 10.8 Å². The van der Waals surface area contributed by atoms with Gasteiger partial charge in [0, 0.05) is 43.3 Å². The van der Waals surface area contributed by atoms with Crippen LogP contribution in [0.4, 0.5) is 5.69 Å². The fourth-order valence-electron chi connectivity index (χ4n) is 3.77. The first-order valence-electron chi connectivity index (χ1n) is 10.7. The van der Waals surface area contributed by atoms with Gasteiger partial charge in [0.2, 0.25) is 21.8 Å². The maximum absolute atomic E-state index is 12.6. The quantitative estimate of drug-likeness (QED) is 0.601. The molecule has 1 atom stereocenters. The van der Waals surface area contributed by atoms with Crippen molar-refractivity contribution in [2.45, 2.75) is 31.6 Å². The zero-order valence-corrected chi connectivity index (χ0v) is 19.8. The molecule has 172 valence electrons. The van der Waals surface area contributed by atoms with Gasteiger partial charge in [-0.3, -0.25) is 9.59 Å². The van der Waals surface area contributed by atoms with Crippen LogP contribution in [0.15, 0.2) is 53.4 Å². The Bertz CT molecular complexity index is 1050. The maximum Gasteiger partial charge on any atom is 0.243 e. The van der Waals surface area contributed by atoms with E-state index in [2.05, 4.69) is 5.32 Å². The van der Waals surface area contributed by atoms with E-state index in [1.54, 1.807) is 26.0 Å². The molecule has 1 heterocycles. The number of nitrogens with one attached hydrogen (secondary N) is 1. The summed E-state index contributed by atoms with van der Waals surface area (Å²) >= 11 is 5.88. The summed E-state index contributed by atoms with van der Waals surface area (Å²) in [4.78, 5) is 26.8. The molecule has 0 spiro atoms. The first-order chi connectivity index (χ1) is 15.3. The number of sulfonamides is 1. The number of halogens is 1. The molecule has 1 unspecified atom stereocenters. The van der Waals surface area contributed by atoms with Gasteiger partial charge in [0.1, 0.15) is 0 Å². The lowest BCUT2D eigenvalue weighted by molar-refractivity contribution is -0.126. The van der Waals surface area contributed by atoms with Gasteiger partial charge in [-0.05, 0) is 48.4 Å². The summed E-state index contributed by atoms with van der Waals surface area (Å²) in [6.45, 7) is 5.11. The highest BCUT2D eigenvalue weighted by Gasteiger charge is 2.35. The van der Waals surface area contributed by atoms with Crippen molar-refractivity contribution in [2.24, 2.45) is 5.92 Å². The summed E-state index contributed by atoms with van der Waals surface area (Å²) in [5.41, 5.74) is 1.66. The summed E-state index contributed by atoms with van der Waals surface area (Å²) in [6.07, 6.45) is 0.808. The molecule has 0 aromatic heterocycles. The van der Waals surface area contributed by atoms with E-state index < -0.39 is 15.9 Å². The molecule has 1 aliphatic heterocycles. The Balaban J connectivity index is 1.59. The van der Waals surface area contributed by atoms with Gasteiger partial charge in [0.15, 0.2) is 0 Å². The van der Waals surface area contributed by atoms with Crippen molar-refractivity contribution < 1.29 is 18.0 Å². The van der Waals surface area contributed by atoms with Crippen LogP contribution in [0.3, 0.4) is 0 Å². The minimum absolute atomic E-state index is 0.131. The standard InChI is InChI=1S/C23H28ClN3O4S/c1-3-26(4-2)32(30,31)21-11-9-20(10-12-21)27-16-18(15-22(27)28)23(29)25-14-13-17-5-7-19(24)8-6-17/h5-12,18H,3-4,13-16H2,1-2H3,(H,25,29). The van der Waals surface area contributed by atoms with Gasteiger partial charge in [0.25, 0.3) is 0 Å². The lowest BCUT2D eigenvalue weighted by Crippen LogP contribution is -2.34. The third-order valence-electron chi connectivity index (χ3n) is 5.61. The number of carbonyl (C=O) groups excluding carboxylic acids is 2. The molecule has 0 aliphatic carbocycles. The van der Waals surface area contributed by atoms with Crippen LogP contribution in [0.25, 0.3) is 0 Å². The normalized spacial score (nSPS) is 16.6. The second kappa shape index (κ2) is 10.5. The summed E-state index contributed by atoms with van der Waals surface area (Å²) in [7, 11) is -3.56. The van der Waals surface area contributed by atoms with Gasteiger partial charge in [-0.2, -0.15) is 4.31 Å². The third kappa shape index (κ3) is 5.49. The topological polar surface area (TPSA) is 86.8 Å². The van der Waals surface area contributed by atoms with Gasteiger partial charge in [-0.25, -0.2) is 8.42 Å². The van der Waals surface area contributed by atoms with E-state index in [1.807, 2.05) is 24.3 Å². The number of nitrogens with zero attached hydrogens (tertiary/aromatic N) is 2. The van der Waals surface area contributed by atoms with Crippen molar-refractivity contribution in [2.75, 3.05) is 31.1 Å². The number of amides is 2. The fourth-order valence-corrected chi connectivity index (χ4v) is 5.35. The summed E-state index contributed by atoms with van der Waals surface area (Å²) in [6, 6.07) is 13.7. The van der Waals surface area contributed by atoms with Crippen molar-refractivity contribution >= 4 is 39.1 Å². The van der Waals surface area contributed by atoms with Gasteiger partial charge < -0.3 is 10.2 Å². The predicted molar refractivity (Wildman–Crippen MR) is 125 cm³/mol. The number of benzene rings is 2. The highest BCUT2D eigenvalue weighted by atomic mass is 35.5.